The van der Waals surface area contributed by atoms with Gasteiger partial charge in [0.15, 0.2) is 0 Å². The van der Waals surface area contributed by atoms with Gasteiger partial charge in [0.1, 0.15) is 0 Å². The highest BCUT2D eigenvalue weighted by atomic mass is 32.2. The fraction of sp³-hybridized carbons (Fsp3) is 1.00. The Morgan fingerprint density at radius 3 is 1.50 bits per heavy atom. The van der Waals surface area contributed by atoms with Crippen LogP contribution >= 0.6 is 11.8 Å². The van der Waals surface area contributed by atoms with E-state index in [-0.39, 0.29) is 0 Å². The number of thioether (sulfide) groups is 1. The quantitative estimate of drug-likeness (QED) is 0.554. The van der Waals surface area contributed by atoms with Crippen molar-refractivity contribution in [1.29, 1.82) is 0 Å². The Kier molecular flexibility index (Phi) is 21.6. The molecule has 0 N–H and O–H groups in total. The zero-order valence-electron chi connectivity index (χ0n) is 5.14. The van der Waals surface area contributed by atoms with Crippen LogP contribution in [0.15, 0.2) is 0 Å². The van der Waals surface area contributed by atoms with Crippen LogP contribution in [-0.2, 0) is 8.92 Å². The Balaban J connectivity index is 0. The van der Waals surface area contributed by atoms with Crippen LogP contribution in [0.4, 0.5) is 0 Å². The molecule has 0 aliphatic rings. The van der Waals surface area contributed by atoms with Crippen LogP contribution in [0, 0.1) is 0 Å². The molecule has 0 fully saturated rings. The predicted molar refractivity (Wildman–Crippen MR) is 35.8 cm³/mol. The summed E-state index contributed by atoms with van der Waals surface area (Å²) < 4.78 is 16.8. The molecule has 0 aromatic carbocycles. The lowest BCUT2D eigenvalue weighted by Crippen LogP contribution is -1.64. The van der Waals surface area contributed by atoms with Crippen molar-refractivity contribution in [1.82, 2.24) is 0 Å². The summed E-state index contributed by atoms with van der Waals surface area (Å²) in [7, 11) is -1.42. The van der Waals surface area contributed by atoms with Crippen molar-refractivity contribution >= 4 is 21.1 Å². The van der Waals surface area contributed by atoms with Gasteiger partial charge >= 0.3 is 9.29 Å². The van der Waals surface area contributed by atoms with Gasteiger partial charge in [0.05, 0.1) is 0 Å². The van der Waals surface area contributed by atoms with E-state index in [1.807, 2.05) is 11.8 Å². The van der Waals surface area contributed by atoms with Gasteiger partial charge in [0.25, 0.3) is 0 Å². The molecule has 0 saturated carbocycles. The minimum Gasteiger partial charge on any atom is -0.274 e. The number of rotatable bonds is 2. The first-order chi connectivity index (χ1) is 3.83. The Labute approximate surface area is 56.0 Å². The third-order valence-corrected chi connectivity index (χ3v) is 1.22. The average Bonchev–Trinajstić information content (AvgIpc) is 1.71. The summed E-state index contributed by atoms with van der Waals surface area (Å²) in [6.07, 6.45) is 0. The molecule has 8 heavy (non-hydrogen) atoms. The highest BCUT2D eigenvalue weighted by Crippen LogP contribution is 1.93. The fourth-order valence-corrected chi connectivity index (χ4v) is 0.612. The van der Waals surface area contributed by atoms with Gasteiger partial charge in [-0.05, 0) is 11.5 Å². The highest BCUT2D eigenvalue weighted by Gasteiger charge is 1.67. The summed E-state index contributed by atoms with van der Waals surface area (Å²) in [6.45, 7) is 4.35. The first kappa shape index (κ1) is 11.0. The van der Waals surface area contributed by atoms with Crippen LogP contribution in [0.2, 0.25) is 0 Å². The first-order valence-electron chi connectivity index (χ1n) is 2.40. The van der Waals surface area contributed by atoms with Gasteiger partial charge in [0.2, 0.25) is 0 Å². The maximum absolute atomic E-state index is 8.40. The van der Waals surface area contributed by atoms with Crippen LogP contribution < -0.4 is 0 Å². The SMILES string of the molecule is CCSCC.O=[Si]=O. The van der Waals surface area contributed by atoms with Gasteiger partial charge < -0.3 is 0 Å². The van der Waals surface area contributed by atoms with Crippen molar-refractivity contribution in [3.05, 3.63) is 0 Å². The summed E-state index contributed by atoms with van der Waals surface area (Å²) in [5.41, 5.74) is 0. The summed E-state index contributed by atoms with van der Waals surface area (Å²) in [5, 5.41) is 0. The molecule has 0 aliphatic carbocycles. The van der Waals surface area contributed by atoms with Crippen molar-refractivity contribution in [3.8, 4) is 0 Å². The first-order valence-corrected chi connectivity index (χ1v) is 4.37. The monoisotopic (exact) mass is 150 g/mol. The van der Waals surface area contributed by atoms with E-state index in [4.69, 9.17) is 8.92 Å². The second-order valence-corrected chi connectivity index (χ2v) is 2.59. The minimum absolute atomic E-state index is 1.26. The van der Waals surface area contributed by atoms with E-state index in [1.54, 1.807) is 0 Å². The third kappa shape index (κ3) is 35.1. The summed E-state index contributed by atoms with van der Waals surface area (Å²) in [4.78, 5) is 0. The summed E-state index contributed by atoms with van der Waals surface area (Å²) in [5.74, 6) is 2.52. The standard InChI is InChI=1S/C4H10S.O2Si/c1-3-5-4-2;1-3-2/h3-4H2,1-2H3;. The Bertz CT molecular complexity index is 59.1. The second-order valence-electron chi connectivity index (χ2n) is 0.865. The fourth-order valence-electron chi connectivity index (χ4n) is 0.204. The van der Waals surface area contributed by atoms with Gasteiger partial charge in [-0.2, -0.15) is 11.8 Å². The molecule has 0 unspecified atom stereocenters. The van der Waals surface area contributed by atoms with Crippen LogP contribution in [-0.4, -0.2) is 20.8 Å². The smallest absolute Gasteiger partial charge is 0.274 e. The van der Waals surface area contributed by atoms with Gasteiger partial charge in [-0.15, -0.1) is 0 Å². The van der Waals surface area contributed by atoms with Gasteiger partial charge in [0, 0.05) is 0 Å². The van der Waals surface area contributed by atoms with E-state index in [0.29, 0.717) is 0 Å². The molecule has 0 aromatic heterocycles. The summed E-state index contributed by atoms with van der Waals surface area (Å²) >= 11 is 1.96. The lowest BCUT2D eigenvalue weighted by atomic mass is 11.0. The molecular formula is C4H10O2SSi. The number of hydrogen-bond acceptors (Lipinski definition) is 3. The van der Waals surface area contributed by atoms with Crippen molar-refractivity contribution in [2.75, 3.05) is 11.5 Å². The van der Waals surface area contributed by atoms with E-state index in [9.17, 15) is 0 Å². The van der Waals surface area contributed by atoms with E-state index in [1.165, 1.54) is 11.5 Å². The van der Waals surface area contributed by atoms with E-state index in [2.05, 4.69) is 13.8 Å². The van der Waals surface area contributed by atoms with Crippen LogP contribution in [0.1, 0.15) is 13.8 Å². The molecular weight excluding hydrogens is 140 g/mol. The molecule has 0 bridgehead atoms. The second kappa shape index (κ2) is 15.7. The Morgan fingerprint density at radius 1 is 1.25 bits per heavy atom. The zero-order chi connectivity index (χ0) is 6.83. The molecule has 0 heterocycles. The Hall–Kier alpha value is 0.167. The minimum atomic E-state index is -1.42. The number of hydrogen-bond donors (Lipinski definition) is 0. The molecule has 0 radical (unpaired) electrons. The molecule has 0 aromatic rings. The van der Waals surface area contributed by atoms with Crippen molar-refractivity contribution < 1.29 is 8.92 Å². The molecule has 0 spiro atoms. The van der Waals surface area contributed by atoms with Crippen molar-refractivity contribution in [3.63, 3.8) is 0 Å². The van der Waals surface area contributed by atoms with E-state index < -0.39 is 9.29 Å². The van der Waals surface area contributed by atoms with Crippen molar-refractivity contribution in [2.45, 2.75) is 13.8 Å². The predicted octanol–water partition coefficient (Wildman–Crippen LogP) is 1.14. The van der Waals surface area contributed by atoms with Crippen LogP contribution in [0.25, 0.3) is 0 Å². The van der Waals surface area contributed by atoms with E-state index in [0.717, 1.165) is 0 Å². The van der Waals surface area contributed by atoms with Gasteiger partial charge in [-0.1, -0.05) is 13.8 Å². The van der Waals surface area contributed by atoms with Crippen molar-refractivity contribution in [2.24, 2.45) is 0 Å². The average molecular weight is 150 g/mol. The largest absolute Gasteiger partial charge is 0.549 e. The molecule has 48 valence electrons. The van der Waals surface area contributed by atoms with Gasteiger partial charge in [-0.3, -0.25) is 8.92 Å². The normalized spacial score (nSPS) is 6.25. The third-order valence-electron chi connectivity index (χ3n) is 0.408. The highest BCUT2D eigenvalue weighted by molar-refractivity contribution is 7.99. The molecule has 0 rings (SSSR count). The summed E-state index contributed by atoms with van der Waals surface area (Å²) in [6, 6.07) is 0. The molecule has 2 nitrogen and oxygen atoms in total. The lowest BCUT2D eigenvalue weighted by molar-refractivity contribution is 0.497. The zero-order valence-corrected chi connectivity index (χ0v) is 6.96. The molecule has 4 heteroatoms. The maximum Gasteiger partial charge on any atom is 0.549 e. The molecule has 0 atom stereocenters. The molecule has 0 aliphatic heterocycles. The lowest BCUT2D eigenvalue weighted by Gasteiger charge is -1.80. The molecule has 0 amide bonds. The van der Waals surface area contributed by atoms with Gasteiger partial charge in [-0.25, -0.2) is 0 Å². The maximum atomic E-state index is 8.40. The van der Waals surface area contributed by atoms with Crippen LogP contribution in [0.5, 0.6) is 0 Å². The van der Waals surface area contributed by atoms with E-state index >= 15 is 0 Å². The van der Waals surface area contributed by atoms with Crippen LogP contribution in [0.3, 0.4) is 0 Å². The molecule has 0 saturated heterocycles. The Morgan fingerprint density at radius 2 is 1.50 bits per heavy atom. The topological polar surface area (TPSA) is 34.1 Å².